The summed E-state index contributed by atoms with van der Waals surface area (Å²) in [6.45, 7) is 1.69. The van der Waals surface area contributed by atoms with Crippen molar-refractivity contribution in [1.29, 1.82) is 0 Å². The first-order valence-electron chi connectivity index (χ1n) is 6.08. The second-order valence-corrected chi connectivity index (χ2v) is 6.00. The van der Waals surface area contributed by atoms with Crippen molar-refractivity contribution in [3.8, 4) is 0 Å². The number of primary sulfonamides is 1. The monoisotopic (exact) mass is 316 g/mol. The van der Waals surface area contributed by atoms with Crippen LogP contribution in [0, 0.1) is 11.6 Å². The zero-order valence-electron chi connectivity index (χ0n) is 11.1. The lowest BCUT2D eigenvalue weighted by Gasteiger charge is -2.14. The average Bonchev–Trinajstić information content (AvgIpc) is 2.84. The molecule has 1 unspecified atom stereocenters. The van der Waals surface area contributed by atoms with Gasteiger partial charge in [0.15, 0.2) is 0 Å². The minimum Gasteiger partial charge on any atom is -0.447 e. The molecule has 8 heteroatoms. The highest BCUT2D eigenvalue weighted by atomic mass is 32.2. The van der Waals surface area contributed by atoms with E-state index in [4.69, 9.17) is 9.56 Å². The Hall–Kier alpha value is -1.77. The molecule has 0 amide bonds. The highest BCUT2D eigenvalue weighted by Gasteiger charge is 2.17. The van der Waals surface area contributed by atoms with Crippen LogP contribution in [0.25, 0.3) is 0 Å². The quantitative estimate of drug-likeness (QED) is 0.884. The normalized spacial score (nSPS) is 13.3. The first-order chi connectivity index (χ1) is 9.79. The van der Waals surface area contributed by atoms with Crippen LogP contribution in [-0.4, -0.2) is 8.42 Å². The molecule has 0 aliphatic carbocycles. The standard InChI is InChI=1S/C13H14F2N2O3S/c1-8(13-10(14)3-2-4-11(13)15)17-7-9-5-6-12(20-9)21(16,18)19/h2-6,8,17H,7H2,1H3,(H2,16,18,19). The number of nitrogens with two attached hydrogens (primary N) is 1. The van der Waals surface area contributed by atoms with Gasteiger partial charge in [0.05, 0.1) is 6.54 Å². The molecule has 0 aliphatic heterocycles. The molecule has 0 radical (unpaired) electrons. The maximum absolute atomic E-state index is 13.6. The Morgan fingerprint density at radius 3 is 2.38 bits per heavy atom. The largest absolute Gasteiger partial charge is 0.447 e. The highest BCUT2D eigenvalue weighted by molar-refractivity contribution is 7.89. The molecule has 0 bridgehead atoms. The Kier molecular flexibility index (Phi) is 4.40. The number of nitrogens with one attached hydrogen (secondary N) is 1. The maximum atomic E-state index is 13.6. The van der Waals surface area contributed by atoms with Gasteiger partial charge < -0.3 is 9.73 Å². The number of hydrogen-bond donors (Lipinski definition) is 2. The van der Waals surface area contributed by atoms with E-state index in [2.05, 4.69) is 5.32 Å². The molecule has 2 aromatic rings. The Morgan fingerprint density at radius 1 is 1.24 bits per heavy atom. The van der Waals surface area contributed by atoms with Crippen LogP contribution in [0.2, 0.25) is 0 Å². The Labute approximate surface area is 120 Å². The predicted octanol–water partition coefficient (Wildman–Crippen LogP) is 2.06. The van der Waals surface area contributed by atoms with Crippen LogP contribution < -0.4 is 10.5 Å². The van der Waals surface area contributed by atoms with E-state index >= 15 is 0 Å². The summed E-state index contributed by atoms with van der Waals surface area (Å²) in [5.41, 5.74) is -0.0873. The molecule has 1 heterocycles. The van der Waals surface area contributed by atoms with Crippen molar-refractivity contribution in [2.75, 3.05) is 0 Å². The van der Waals surface area contributed by atoms with Gasteiger partial charge in [0.25, 0.3) is 10.0 Å². The van der Waals surface area contributed by atoms with E-state index < -0.39 is 27.7 Å². The molecule has 3 N–H and O–H groups in total. The van der Waals surface area contributed by atoms with Crippen molar-refractivity contribution >= 4 is 10.0 Å². The average molecular weight is 316 g/mol. The SMILES string of the molecule is CC(NCc1ccc(S(N)(=O)=O)o1)c1c(F)cccc1F. The van der Waals surface area contributed by atoms with E-state index in [1.807, 2.05) is 0 Å². The van der Waals surface area contributed by atoms with Crippen molar-refractivity contribution < 1.29 is 21.6 Å². The molecule has 114 valence electrons. The van der Waals surface area contributed by atoms with Gasteiger partial charge in [-0.2, -0.15) is 0 Å². The minimum atomic E-state index is -3.90. The van der Waals surface area contributed by atoms with Crippen LogP contribution in [0.1, 0.15) is 24.3 Å². The summed E-state index contributed by atoms with van der Waals surface area (Å²) in [5, 5.41) is 7.41. The van der Waals surface area contributed by atoms with Crippen molar-refractivity contribution in [2.24, 2.45) is 5.14 Å². The van der Waals surface area contributed by atoms with Gasteiger partial charge in [-0.3, -0.25) is 0 Å². The first kappa shape index (κ1) is 15.6. The summed E-state index contributed by atoms with van der Waals surface area (Å²) >= 11 is 0. The van der Waals surface area contributed by atoms with Crippen LogP contribution in [-0.2, 0) is 16.6 Å². The molecule has 1 aromatic heterocycles. The van der Waals surface area contributed by atoms with Crippen LogP contribution in [0.15, 0.2) is 39.8 Å². The number of sulfonamides is 1. The first-order valence-corrected chi connectivity index (χ1v) is 7.62. The lowest BCUT2D eigenvalue weighted by atomic mass is 10.1. The van der Waals surface area contributed by atoms with Crippen LogP contribution in [0.4, 0.5) is 8.78 Å². The van der Waals surface area contributed by atoms with Crippen LogP contribution >= 0.6 is 0 Å². The van der Waals surface area contributed by atoms with E-state index in [0.717, 1.165) is 0 Å². The van der Waals surface area contributed by atoms with Crippen molar-refractivity contribution in [3.05, 3.63) is 53.3 Å². The number of furan rings is 1. The Morgan fingerprint density at radius 2 is 1.86 bits per heavy atom. The zero-order valence-corrected chi connectivity index (χ0v) is 12.0. The van der Waals surface area contributed by atoms with Crippen LogP contribution in [0.3, 0.4) is 0 Å². The van der Waals surface area contributed by atoms with Crippen molar-refractivity contribution in [3.63, 3.8) is 0 Å². The second kappa shape index (κ2) is 5.92. The fourth-order valence-electron chi connectivity index (χ4n) is 1.89. The summed E-state index contributed by atoms with van der Waals surface area (Å²) in [7, 11) is -3.90. The highest BCUT2D eigenvalue weighted by Crippen LogP contribution is 2.21. The van der Waals surface area contributed by atoms with Gasteiger partial charge >= 0.3 is 0 Å². The Balaban J connectivity index is 2.08. The summed E-state index contributed by atoms with van der Waals surface area (Å²) in [6, 6.07) is 5.66. The van der Waals surface area contributed by atoms with E-state index in [9.17, 15) is 17.2 Å². The summed E-state index contributed by atoms with van der Waals surface area (Å²) < 4.78 is 54.3. The number of rotatable bonds is 5. The molecule has 1 atom stereocenters. The third-order valence-corrected chi connectivity index (χ3v) is 3.71. The Bertz CT molecular complexity index is 723. The van der Waals surface area contributed by atoms with Crippen molar-refractivity contribution in [1.82, 2.24) is 5.32 Å². The summed E-state index contributed by atoms with van der Waals surface area (Å²) in [6.07, 6.45) is 0. The van der Waals surface area contributed by atoms with Gasteiger partial charge in [-0.05, 0) is 31.2 Å². The van der Waals surface area contributed by atoms with E-state index in [1.165, 1.54) is 30.3 Å². The van der Waals surface area contributed by atoms with Gasteiger partial charge in [0.1, 0.15) is 17.4 Å². The lowest BCUT2D eigenvalue weighted by molar-refractivity contribution is 0.389. The third-order valence-electron chi connectivity index (χ3n) is 2.93. The minimum absolute atomic E-state index is 0.0873. The van der Waals surface area contributed by atoms with Crippen LogP contribution in [0.5, 0.6) is 0 Å². The molecule has 21 heavy (non-hydrogen) atoms. The van der Waals surface area contributed by atoms with Gasteiger partial charge in [-0.15, -0.1) is 0 Å². The topological polar surface area (TPSA) is 85.3 Å². The molecule has 0 saturated heterocycles. The molecular weight excluding hydrogens is 302 g/mol. The molecule has 0 saturated carbocycles. The molecule has 0 spiro atoms. The van der Waals surface area contributed by atoms with Crippen molar-refractivity contribution in [2.45, 2.75) is 24.6 Å². The molecule has 2 rings (SSSR count). The van der Waals surface area contributed by atoms with Gasteiger partial charge in [-0.1, -0.05) is 6.07 Å². The van der Waals surface area contributed by atoms with Gasteiger partial charge in [0.2, 0.25) is 5.09 Å². The lowest BCUT2D eigenvalue weighted by Crippen LogP contribution is -2.20. The predicted molar refractivity (Wildman–Crippen MR) is 71.7 cm³/mol. The van der Waals surface area contributed by atoms with Gasteiger partial charge in [0, 0.05) is 11.6 Å². The summed E-state index contributed by atoms with van der Waals surface area (Å²) in [4.78, 5) is 0. The number of benzene rings is 1. The summed E-state index contributed by atoms with van der Waals surface area (Å²) in [5.74, 6) is -1.01. The fourth-order valence-corrected chi connectivity index (χ4v) is 2.37. The molecule has 1 aromatic carbocycles. The maximum Gasteiger partial charge on any atom is 0.271 e. The fraction of sp³-hybridized carbons (Fsp3) is 0.231. The van der Waals surface area contributed by atoms with Gasteiger partial charge in [-0.25, -0.2) is 22.3 Å². The number of halogens is 2. The third kappa shape index (κ3) is 3.66. The molecule has 0 aliphatic rings. The van der Waals surface area contributed by atoms with E-state index in [0.29, 0.717) is 5.76 Å². The van der Waals surface area contributed by atoms with E-state index in [-0.39, 0.29) is 17.2 Å². The molecule has 0 fully saturated rings. The smallest absolute Gasteiger partial charge is 0.271 e. The van der Waals surface area contributed by atoms with E-state index in [1.54, 1.807) is 6.92 Å². The molecular formula is C13H14F2N2O3S. The zero-order chi connectivity index (χ0) is 15.6. The number of hydrogen-bond acceptors (Lipinski definition) is 4. The second-order valence-electron chi connectivity index (χ2n) is 4.50. The molecule has 5 nitrogen and oxygen atoms in total.